The number of hydrogen-bond donors (Lipinski definition) is 1. The minimum Gasteiger partial charge on any atom is -0.494 e. The van der Waals surface area contributed by atoms with Crippen molar-refractivity contribution in [3.8, 4) is 5.75 Å². The number of rotatable bonds is 10. The third-order valence-electron chi connectivity index (χ3n) is 4.97. The number of para-hydroxylation sites is 3. The number of benzene rings is 3. The molecule has 0 spiro atoms. The molecule has 6 nitrogen and oxygen atoms in total. The average molecular weight is 472 g/mol. The Kier molecular flexibility index (Phi) is 8.26. The van der Waals surface area contributed by atoms with Gasteiger partial charge in [-0.05, 0) is 37.3 Å². The highest BCUT2D eigenvalue weighted by molar-refractivity contribution is 6.06. The van der Waals surface area contributed by atoms with Crippen LogP contribution in [0.15, 0.2) is 84.9 Å². The van der Waals surface area contributed by atoms with Crippen LogP contribution in [0.3, 0.4) is 0 Å². The van der Waals surface area contributed by atoms with Crippen molar-refractivity contribution >= 4 is 23.3 Å². The van der Waals surface area contributed by atoms with Crippen molar-refractivity contribution in [2.45, 2.75) is 25.4 Å². The highest BCUT2D eigenvalue weighted by Gasteiger charge is 2.55. The van der Waals surface area contributed by atoms with E-state index in [0.29, 0.717) is 17.9 Å². The third kappa shape index (κ3) is 5.55. The van der Waals surface area contributed by atoms with Gasteiger partial charge in [0.15, 0.2) is 6.04 Å². The van der Waals surface area contributed by atoms with Crippen molar-refractivity contribution in [1.82, 2.24) is 5.32 Å². The molecule has 1 unspecified atom stereocenters. The molecule has 0 aliphatic carbocycles. The summed E-state index contributed by atoms with van der Waals surface area (Å²) in [5.74, 6) is -7.75. The van der Waals surface area contributed by atoms with Gasteiger partial charge in [-0.2, -0.15) is 8.78 Å². The Hall–Kier alpha value is -3.85. The van der Waals surface area contributed by atoms with E-state index in [4.69, 9.17) is 4.74 Å². The maximum absolute atomic E-state index is 15.0. The van der Waals surface area contributed by atoms with Crippen LogP contribution in [0.1, 0.15) is 12.5 Å². The second-order valence-electron chi connectivity index (χ2n) is 7.19. The zero-order valence-corrected chi connectivity index (χ0v) is 18.3. The Morgan fingerprint density at radius 3 is 1.97 bits per heavy atom. The number of nitrogens with one attached hydrogen (secondary N) is 1. The highest BCUT2D eigenvalue weighted by atomic mass is 19.3. The minimum absolute atomic E-state index is 0.265. The molecule has 1 atom stereocenters. The number of carbonyl (C=O) groups is 2. The van der Waals surface area contributed by atoms with Crippen molar-refractivity contribution in [3.05, 3.63) is 90.5 Å². The van der Waals surface area contributed by atoms with Gasteiger partial charge in [-0.3, -0.25) is 15.0 Å². The first-order valence-corrected chi connectivity index (χ1v) is 10.5. The van der Waals surface area contributed by atoms with E-state index in [1.54, 1.807) is 91.9 Å². The SMILES string of the molecule is CCOc1ccccc1CNC(C(=O)N(c1ccccc1)c1ccccc1)C(F)(F)C(=O)OF. The number of nitrogens with zero attached hydrogens (tertiary/aromatic N) is 1. The molecular weight excluding hydrogens is 449 g/mol. The van der Waals surface area contributed by atoms with Gasteiger partial charge in [0.1, 0.15) is 5.75 Å². The molecule has 1 amide bonds. The van der Waals surface area contributed by atoms with Crippen molar-refractivity contribution < 1.29 is 32.6 Å². The van der Waals surface area contributed by atoms with Gasteiger partial charge in [0, 0.05) is 28.0 Å². The summed E-state index contributed by atoms with van der Waals surface area (Å²) in [5.41, 5.74) is 1.03. The summed E-state index contributed by atoms with van der Waals surface area (Å²) in [5, 5.41) is 2.42. The maximum atomic E-state index is 15.0. The molecule has 3 rings (SSSR count). The van der Waals surface area contributed by atoms with Crippen LogP contribution in [-0.4, -0.2) is 30.4 Å². The number of amides is 1. The smallest absolute Gasteiger partial charge is 0.419 e. The quantitative estimate of drug-likeness (QED) is 0.451. The summed E-state index contributed by atoms with van der Waals surface area (Å²) < 4.78 is 48.1. The first-order chi connectivity index (χ1) is 16.4. The first-order valence-electron chi connectivity index (χ1n) is 10.5. The van der Waals surface area contributed by atoms with Crippen LogP contribution in [0, 0.1) is 0 Å². The van der Waals surface area contributed by atoms with Crippen molar-refractivity contribution in [3.63, 3.8) is 0 Å². The van der Waals surface area contributed by atoms with Crippen LogP contribution in [-0.2, 0) is 21.1 Å². The van der Waals surface area contributed by atoms with Crippen LogP contribution in [0.2, 0.25) is 0 Å². The zero-order valence-electron chi connectivity index (χ0n) is 18.3. The number of anilines is 2. The van der Waals surface area contributed by atoms with E-state index in [1.807, 2.05) is 0 Å². The number of hydrogen-bond acceptors (Lipinski definition) is 5. The standard InChI is InChI=1S/C25H23F3N2O4/c1-2-33-21-16-10-9-11-18(21)17-29-22(25(26,27)24(32)34-28)23(31)30(19-12-5-3-6-13-19)20-14-7-4-8-15-20/h3-16,22,29H,2,17H2,1H3. The molecule has 0 radical (unpaired) electrons. The molecule has 0 aromatic heterocycles. The van der Waals surface area contributed by atoms with Crippen molar-refractivity contribution in [1.29, 1.82) is 0 Å². The van der Waals surface area contributed by atoms with Crippen LogP contribution >= 0.6 is 0 Å². The second-order valence-corrected chi connectivity index (χ2v) is 7.19. The third-order valence-corrected chi connectivity index (χ3v) is 4.97. The van der Waals surface area contributed by atoms with E-state index in [-0.39, 0.29) is 17.9 Å². The van der Waals surface area contributed by atoms with E-state index < -0.39 is 23.8 Å². The van der Waals surface area contributed by atoms with Gasteiger partial charge < -0.3 is 4.74 Å². The summed E-state index contributed by atoms with van der Waals surface area (Å²) in [4.78, 5) is 29.1. The summed E-state index contributed by atoms with van der Waals surface area (Å²) in [6.07, 6.45) is 0. The van der Waals surface area contributed by atoms with Crippen LogP contribution < -0.4 is 15.0 Å². The molecule has 1 N–H and O–H groups in total. The van der Waals surface area contributed by atoms with Gasteiger partial charge >= 0.3 is 11.9 Å². The average Bonchev–Trinajstić information content (AvgIpc) is 2.86. The maximum Gasteiger partial charge on any atom is 0.419 e. The summed E-state index contributed by atoms with van der Waals surface area (Å²) >= 11 is 0. The zero-order chi connectivity index (χ0) is 24.6. The number of carbonyl (C=O) groups excluding carboxylic acids is 2. The fourth-order valence-electron chi connectivity index (χ4n) is 3.38. The molecule has 0 saturated heterocycles. The molecule has 0 aliphatic rings. The predicted octanol–water partition coefficient (Wildman–Crippen LogP) is 4.97. The van der Waals surface area contributed by atoms with Gasteiger partial charge in [0.25, 0.3) is 5.91 Å². The molecule has 178 valence electrons. The van der Waals surface area contributed by atoms with Crippen LogP contribution in [0.5, 0.6) is 5.75 Å². The fraction of sp³-hybridized carbons (Fsp3) is 0.200. The molecule has 0 saturated carbocycles. The predicted molar refractivity (Wildman–Crippen MR) is 120 cm³/mol. The molecular formula is C25H23F3N2O4. The lowest BCUT2D eigenvalue weighted by molar-refractivity contribution is -0.215. The van der Waals surface area contributed by atoms with E-state index >= 15 is 8.78 Å². The van der Waals surface area contributed by atoms with E-state index in [2.05, 4.69) is 10.3 Å². The van der Waals surface area contributed by atoms with Crippen LogP contribution in [0.4, 0.5) is 24.7 Å². The Morgan fingerprint density at radius 1 is 0.912 bits per heavy atom. The molecule has 0 heterocycles. The molecule has 0 bridgehead atoms. The highest BCUT2D eigenvalue weighted by Crippen LogP contribution is 2.31. The summed E-state index contributed by atoms with van der Waals surface area (Å²) in [6, 6.07) is 20.3. The van der Waals surface area contributed by atoms with E-state index in [9.17, 15) is 14.1 Å². The molecule has 0 aliphatic heterocycles. The molecule has 3 aromatic rings. The van der Waals surface area contributed by atoms with Gasteiger partial charge in [-0.1, -0.05) is 54.6 Å². The Balaban J connectivity index is 2.02. The fourth-order valence-corrected chi connectivity index (χ4v) is 3.38. The molecule has 0 fully saturated rings. The molecule has 9 heteroatoms. The minimum atomic E-state index is -4.52. The van der Waals surface area contributed by atoms with Crippen molar-refractivity contribution in [2.24, 2.45) is 0 Å². The van der Waals surface area contributed by atoms with E-state index in [1.165, 1.54) is 0 Å². The monoisotopic (exact) mass is 472 g/mol. The lowest BCUT2D eigenvalue weighted by atomic mass is 10.1. The number of ether oxygens (including phenoxy) is 1. The molecule has 34 heavy (non-hydrogen) atoms. The second kappa shape index (κ2) is 11.3. The lowest BCUT2D eigenvalue weighted by Gasteiger charge is -2.31. The lowest BCUT2D eigenvalue weighted by Crippen LogP contribution is -2.58. The van der Waals surface area contributed by atoms with Crippen LogP contribution in [0.25, 0.3) is 0 Å². The normalized spacial score (nSPS) is 12.0. The van der Waals surface area contributed by atoms with Crippen molar-refractivity contribution in [2.75, 3.05) is 11.5 Å². The van der Waals surface area contributed by atoms with Gasteiger partial charge in [-0.15, -0.1) is 0 Å². The Morgan fingerprint density at radius 2 is 1.44 bits per heavy atom. The number of alkyl halides is 2. The van der Waals surface area contributed by atoms with Gasteiger partial charge in [-0.25, -0.2) is 9.74 Å². The topological polar surface area (TPSA) is 67.9 Å². The first kappa shape index (κ1) is 24.8. The Labute approximate surface area is 194 Å². The summed E-state index contributed by atoms with van der Waals surface area (Å²) in [6.45, 7) is 1.83. The molecule has 3 aromatic carbocycles. The van der Waals surface area contributed by atoms with Gasteiger partial charge in [0.05, 0.1) is 6.61 Å². The largest absolute Gasteiger partial charge is 0.494 e. The Bertz CT molecular complexity index is 1060. The van der Waals surface area contributed by atoms with E-state index in [0.717, 1.165) is 4.90 Å². The summed E-state index contributed by atoms with van der Waals surface area (Å²) in [7, 11) is 0. The number of halogens is 3. The van der Waals surface area contributed by atoms with Gasteiger partial charge in [0.2, 0.25) is 0 Å².